The number of thiazole rings is 1. The van der Waals surface area contributed by atoms with Crippen molar-refractivity contribution in [3.05, 3.63) is 29.3 Å². The van der Waals surface area contributed by atoms with Crippen LogP contribution in [-0.4, -0.2) is 45.4 Å². The SMILES string of the molecule is COCCNC(=O)Cc1csc(Nc2cc(OC)ccc2OC)n1. The van der Waals surface area contributed by atoms with E-state index >= 15 is 0 Å². The first-order chi connectivity index (χ1) is 11.7. The molecular weight excluding hydrogens is 330 g/mol. The number of anilines is 2. The van der Waals surface area contributed by atoms with Crippen molar-refractivity contribution in [3.8, 4) is 11.5 Å². The molecule has 0 radical (unpaired) electrons. The van der Waals surface area contributed by atoms with E-state index in [1.807, 2.05) is 23.6 Å². The minimum Gasteiger partial charge on any atom is -0.497 e. The summed E-state index contributed by atoms with van der Waals surface area (Å²) in [5, 5.41) is 8.50. The summed E-state index contributed by atoms with van der Waals surface area (Å²) < 4.78 is 15.4. The van der Waals surface area contributed by atoms with Crippen LogP contribution in [0, 0.1) is 0 Å². The molecule has 0 aliphatic rings. The third-order valence-electron chi connectivity index (χ3n) is 3.17. The predicted octanol–water partition coefficient (Wildman–Crippen LogP) is 2.21. The predicted molar refractivity (Wildman–Crippen MR) is 93.5 cm³/mol. The molecule has 0 atom stereocenters. The fraction of sp³-hybridized carbons (Fsp3) is 0.375. The Morgan fingerprint density at radius 2 is 2.08 bits per heavy atom. The second-order valence-electron chi connectivity index (χ2n) is 4.85. The lowest BCUT2D eigenvalue weighted by Crippen LogP contribution is -2.28. The second kappa shape index (κ2) is 9.09. The smallest absolute Gasteiger partial charge is 0.226 e. The molecule has 0 bridgehead atoms. The number of hydrogen-bond acceptors (Lipinski definition) is 7. The lowest BCUT2D eigenvalue weighted by atomic mass is 10.2. The van der Waals surface area contributed by atoms with Gasteiger partial charge >= 0.3 is 0 Å². The number of nitrogens with one attached hydrogen (secondary N) is 2. The number of ether oxygens (including phenoxy) is 3. The molecule has 1 aromatic carbocycles. The highest BCUT2D eigenvalue weighted by Gasteiger charge is 2.10. The summed E-state index contributed by atoms with van der Waals surface area (Å²) in [7, 11) is 4.80. The molecule has 0 aliphatic carbocycles. The summed E-state index contributed by atoms with van der Waals surface area (Å²) in [6, 6.07) is 5.47. The number of rotatable bonds is 9. The van der Waals surface area contributed by atoms with Gasteiger partial charge in [-0.2, -0.15) is 0 Å². The van der Waals surface area contributed by atoms with Gasteiger partial charge in [0.1, 0.15) is 11.5 Å². The third kappa shape index (κ3) is 5.10. The van der Waals surface area contributed by atoms with Gasteiger partial charge < -0.3 is 24.8 Å². The van der Waals surface area contributed by atoms with Crippen molar-refractivity contribution in [2.24, 2.45) is 0 Å². The molecule has 0 saturated heterocycles. The van der Waals surface area contributed by atoms with Crippen LogP contribution < -0.4 is 20.1 Å². The molecule has 0 saturated carbocycles. The number of nitrogens with zero attached hydrogens (tertiary/aromatic N) is 1. The van der Waals surface area contributed by atoms with Crippen molar-refractivity contribution >= 4 is 28.1 Å². The van der Waals surface area contributed by atoms with Crippen LogP contribution in [0.4, 0.5) is 10.8 Å². The molecule has 2 rings (SSSR count). The van der Waals surface area contributed by atoms with Gasteiger partial charge in [-0.1, -0.05) is 0 Å². The van der Waals surface area contributed by atoms with E-state index in [0.29, 0.717) is 35.5 Å². The van der Waals surface area contributed by atoms with Crippen LogP contribution in [0.5, 0.6) is 11.5 Å². The van der Waals surface area contributed by atoms with Crippen LogP contribution in [-0.2, 0) is 16.0 Å². The van der Waals surface area contributed by atoms with Crippen molar-refractivity contribution in [2.75, 3.05) is 39.8 Å². The monoisotopic (exact) mass is 351 g/mol. The summed E-state index contributed by atoms with van der Waals surface area (Å²) in [5.41, 5.74) is 1.46. The molecule has 24 heavy (non-hydrogen) atoms. The summed E-state index contributed by atoms with van der Waals surface area (Å²) in [6.07, 6.45) is 0.233. The van der Waals surface area contributed by atoms with E-state index < -0.39 is 0 Å². The number of carbonyl (C=O) groups excluding carboxylic acids is 1. The molecular formula is C16H21N3O4S. The van der Waals surface area contributed by atoms with Crippen LogP contribution >= 0.6 is 11.3 Å². The van der Waals surface area contributed by atoms with Gasteiger partial charge in [-0.05, 0) is 12.1 Å². The summed E-state index contributed by atoms with van der Waals surface area (Å²) in [5.74, 6) is 1.32. The third-order valence-corrected chi connectivity index (χ3v) is 3.98. The van der Waals surface area contributed by atoms with Gasteiger partial charge in [0, 0.05) is 25.1 Å². The number of aromatic nitrogens is 1. The summed E-state index contributed by atoms with van der Waals surface area (Å²) in [4.78, 5) is 16.2. The molecule has 1 amide bonds. The Hall–Kier alpha value is -2.32. The van der Waals surface area contributed by atoms with Crippen LogP contribution in [0.1, 0.15) is 5.69 Å². The van der Waals surface area contributed by atoms with Crippen LogP contribution in [0.25, 0.3) is 0 Å². The first kappa shape index (κ1) is 18.0. The number of amides is 1. The minimum atomic E-state index is -0.0807. The molecule has 2 aromatic rings. The van der Waals surface area contributed by atoms with Crippen LogP contribution in [0.3, 0.4) is 0 Å². The first-order valence-electron chi connectivity index (χ1n) is 7.35. The molecule has 2 N–H and O–H groups in total. The number of benzene rings is 1. The number of hydrogen-bond donors (Lipinski definition) is 2. The molecule has 1 heterocycles. The number of carbonyl (C=O) groups is 1. The van der Waals surface area contributed by atoms with Gasteiger partial charge in [0.25, 0.3) is 0 Å². The summed E-state index contributed by atoms with van der Waals surface area (Å²) >= 11 is 1.42. The zero-order valence-electron chi connectivity index (χ0n) is 13.9. The van der Waals surface area contributed by atoms with Gasteiger partial charge in [0.15, 0.2) is 5.13 Å². The Morgan fingerprint density at radius 3 is 2.79 bits per heavy atom. The Morgan fingerprint density at radius 1 is 1.25 bits per heavy atom. The van der Waals surface area contributed by atoms with E-state index in [1.165, 1.54) is 11.3 Å². The molecule has 7 nitrogen and oxygen atoms in total. The maximum absolute atomic E-state index is 11.8. The van der Waals surface area contributed by atoms with E-state index in [1.54, 1.807) is 21.3 Å². The Bertz CT molecular complexity index is 675. The van der Waals surface area contributed by atoms with Crippen molar-refractivity contribution in [3.63, 3.8) is 0 Å². The average molecular weight is 351 g/mol. The van der Waals surface area contributed by atoms with Crippen LogP contribution in [0.15, 0.2) is 23.6 Å². The van der Waals surface area contributed by atoms with Gasteiger partial charge in [0.2, 0.25) is 5.91 Å². The fourth-order valence-corrected chi connectivity index (χ4v) is 2.71. The van der Waals surface area contributed by atoms with E-state index in [0.717, 1.165) is 5.69 Å². The molecule has 0 aliphatic heterocycles. The quantitative estimate of drug-likeness (QED) is 0.674. The Labute approximate surface area is 145 Å². The zero-order valence-corrected chi connectivity index (χ0v) is 14.7. The normalized spacial score (nSPS) is 10.3. The largest absolute Gasteiger partial charge is 0.497 e. The highest BCUT2D eigenvalue weighted by molar-refractivity contribution is 7.13. The fourth-order valence-electron chi connectivity index (χ4n) is 1.99. The number of methoxy groups -OCH3 is 3. The van der Waals surface area contributed by atoms with E-state index in [9.17, 15) is 4.79 Å². The van der Waals surface area contributed by atoms with Gasteiger partial charge in [0.05, 0.1) is 38.6 Å². The molecule has 0 fully saturated rings. The van der Waals surface area contributed by atoms with Crippen molar-refractivity contribution in [1.29, 1.82) is 0 Å². The topological polar surface area (TPSA) is 81.7 Å². The lowest BCUT2D eigenvalue weighted by Gasteiger charge is -2.10. The lowest BCUT2D eigenvalue weighted by molar-refractivity contribution is -0.120. The van der Waals surface area contributed by atoms with E-state index in [2.05, 4.69) is 15.6 Å². The highest BCUT2D eigenvalue weighted by Crippen LogP contribution is 2.32. The highest BCUT2D eigenvalue weighted by atomic mass is 32.1. The van der Waals surface area contributed by atoms with Gasteiger partial charge in [-0.3, -0.25) is 4.79 Å². The van der Waals surface area contributed by atoms with Crippen molar-refractivity contribution < 1.29 is 19.0 Å². The molecule has 8 heteroatoms. The van der Waals surface area contributed by atoms with Crippen molar-refractivity contribution in [1.82, 2.24) is 10.3 Å². The zero-order chi connectivity index (χ0) is 17.4. The van der Waals surface area contributed by atoms with E-state index in [-0.39, 0.29) is 12.3 Å². The van der Waals surface area contributed by atoms with Gasteiger partial charge in [-0.25, -0.2) is 4.98 Å². The molecule has 0 spiro atoms. The van der Waals surface area contributed by atoms with Crippen LogP contribution in [0.2, 0.25) is 0 Å². The molecule has 1 aromatic heterocycles. The van der Waals surface area contributed by atoms with E-state index in [4.69, 9.17) is 14.2 Å². The maximum atomic E-state index is 11.8. The first-order valence-corrected chi connectivity index (χ1v) is 8.23. The minimum absolute atomic E-state index is 0.0807. The Balaban J connectivity index is 2.00. The molecule has 0 unspecified atom stereocenters. The standard InChI is InChI=1S/C16H21N3O4S/c1-21-7-6-17-15(20)8-11-10-24-16(18-11)19-13-9-12(22-2)4-5-14(13)23-3/h4-5,9-10H,6-8H2,1-3H3,(H,17,20)(H,18,19). The Kier molecular flexibility index (Phi) is 6.83. The van der Waals surface area contributed by atoms with Crippen molar-refractivity contribution in [2.45, 2.75) is 6.42 Å². The second-order valence-corrected chi connectivity index (χ2v) is 5.71. The van der Waals surface area contributed by atoms with Gasteiger partial charge in [-0.15, -0.1) is 11.3 Å². The molecule has 130 valence electrons. The summed E-state index contributed by atoms with van der Waals surface area (Å²) in [6.45, 7) is 0.983. The maximum Gasteiger partial charge on any atom is 0.226 e. The average Bonchev–Trinajstić information content (AvgIpc) is 3.01.